The predicted molar refractivity (Wildman–Crippen MR) is 193 cm³/mol. The fraction of sp³-hybridized carbons (Fsp3) is 0. The summed E-state index contributed by atoms with van der Waals surface area (Å²) >= 11 is 0. The lowest BCUT2D eigenvalue weighted by atomic mass is 9.89. The van der Waals surface area contributed by atoms with E-state index in [1.807, 2.05) is 60.7 Å². The number of rotatable bonds is 4. The molecule has 0 saturated carbocycles. The summed E-state index contributed by atoms with van der Waals surface area (Å²) in [6, 6.07) is 52.5. The molecular weight excluding hydrogens is 574 g/mol. The molecule has 10 rings (SSSR count). The van der Waals surface area contributed by atoms with E-state index in [0.717, 1.165) is 39.0 Å². The zero-order valence-corrected chi connectivity index (χ0v) is 25.2. The molecule has 0 spiro atoms. The van der Waals surface area contributed by atoms with Crippen LogP contribution in [0.1, 0.15) is 0 Å². The highest BCUT2D eigenvalue weighted by atomic mass is 16.3. The molecule has 4 heteroatoms. The lowest BCUT2D eigenvalue weighted by Crippen LogP contribution is -2.00. The van der Waals surface area contributed by atoms with Gasteiger partial charge in [-0.3, -0.25) is 0 Å². The maximum atomic E-state index is 6.84. The molecule has 0 N–H and O–H groups in total. The van der Waals surface area contributed by atoms with Crippen LogP contribution >= 0.6 is 0 Å². The number of fused-ring (bicyclic) bond motifs is 5. The molecule has 10 aromatic rings. The van der Waals surface area contributed by atoms with Crippen LogP contribution in [0.25, 0.3) is 99.5 Å². The van der Waals surface area contributed by atoms with Crippen molar-refractivity contribution in [2.75, 3.05) is 0 Å². The van der Waals surface area contributed by atoms with Gasteiger partial charge in [0.1, 0.15) is 11.2 Å². The Kier molecular flexibility index (Phi) is 5.54. The Balaban J connectivity index is 1.21. The number of benzene rings is 8. The van der Waals surface area contributed by atoms with Gasteiger partial charge >= 0.3 is 0 Å². The minimum absolute atomic E-state index is 0.626. The van der Waals surface area contributed by atoms with E-state index < -0.39 is 0 Å². The Labute approximate surface area is 270 Å². The molecule has 0 aliphatic rings. The normalized spacial score (nSPS) is 11.8. The molecule has 0 bridgehead atoms. The minimum atomic E-state index is 0.626. The second-order valence-electron chi connectivity index (χ2n) is 12.0. The van der Waals surface area contributed by atoms with E-state index in [0.29, 0.717) is 17.5 Å². The molecule has 2 aromatic heterocycles. The Morgan fingerprint density at radius 2 is 0.915 bits per heavy atom. The van der Waals surface area contributed by atoms with Crippen LogP contribution in [0, 0.1) is 0 Å². The lowest BCUT2D eigenvalue weighted by Gasteiger charge is -2.12. The zero-order valence-electron chi connectivity index (χ0n) is 25.2. The lowest BCUT2D eigenvalue weighted by molar-refractivity contribution is 0.671. The molecule has 2 heterocycles. The second kappa shape index (κ2) is 10.1. The fourth-order valence-corrected chi connectivity index (χ4v) is 7.13. The Morgan fingerprint density at radius 3 is 1.64 bits per heavy atom. The first-order valence-electron chi connectivity index (χ1n) is 15.8. The van der Waals surface area contributed by atoms with Gasteiger partial charge in [-0.25, -0.2) is 15.0 Å². The van der Waals surface area contributed by atoms with Gasteiger partial charge in [-0.15, -0.1) is 0 Å². The molecule has 4 nitrogen and oxygen atoms in total. The van der Waals surface area contributed by atoms with Gasteiger partial charge in [0, 0.05) is 38.4 Å². The van der Waals surface area contributed by atoms with Crippen molar-refractivity contribution >= 4 is 54.3 Å². The Hall–Kier alpha value is -6.39. The highest BCUT2D eigenvalue weighted by Gasteiger charge is 2.22. The van der Waals surface area contributed by atoms with Crippen LogP contribution in [0.4, 0.5) is 0 Å². The van der Waals surface area contributed by atoms with Crippen LogP contribution in [-0.2, 0) is 0 Å². The molecule has 0 unspecified atom stereocenters. The van der Waals surface area contributed by atoms with Crippen molar-refractivity contribution in [3.8, 4) is 45.3 Å². The van der Waals surface area contributed by atoms with Crippen LogP contribution in [-0.4, -0.2) is 15.0 Å². The molecule has 8 aromatic carbocycles. The van der Waals surface area contributed by atoms with Crippen LogP contribution in [0.5, 0.6) is 0 Å². The van der Waals surface area contributed by atoms with E-state index >= 15 is 0 Å². The first-order chi connectivity index (χ1) is 23.3. The maximum Gasteiger partial charge on any atom is 0.164 e. The average molecular weight is 600 g/mol. The number of nitrogens with zero attached hydrogens (tertiary/aromatic N) is 3. The van der Waals surface area contributed by atoms with Crippen molar-refractivity contribution in [3.63, 3.8) is 0 Å². The van der Waals surface area contributed by atoms with Gasteiger partial charge in [0.05, 0.1) is 0 Å². The molecule has 0 aliphatic carbocycles. The monoisotopic (exact) mass is 599 g/mol. The van der Waals surface area contributed by atoms with Crippen molar-refractivity contribution in [2.24, 2.45) is 0 Å². The summed E-state index contributed by atoms with van der Waals surface area (Å²) in [5.74, 6) is 1.91. The number of aromatic nitrogens is 3. The average Bonchev–Trinajstić information content (AvgIpc) is 3.53. The smallest absolute Gasteiger partial charge is 0.164 e. The van der Waals surface area contributed by atoms with Gasteiger partial charge in [0.25, 0.3) is 0 Å². The summed E-state index contributed by atoms with van der Waals surface area (Å²) in [5, 5.41) is 9.70. The second-order valence-corrected chi connectivity index (χ2v) is 12.0. The molecule has 0 atom stereocenters. The van der Waals surface area contributed by atoms with E-state index in [2.05, 4.69) is 91.0 Å². The molecule has 0 fully saturated rings. The molecule has 0 radical (unpaired) electrons. The van der Waals surface area contributed by atoms with Crippen molar-refractivity contribution in [1.82, 2.24) is 15.0 Å². The Bertz CT molecular complexity index is 2730. The number of hydrogen-bond acceptors (Lipinski definition) is 4. The van der Waals surface area contributed by atoms with E-state index in [-0.39, 0.29) is 0 Å². The fourth-order valence-electron chi connectivity index (χ4n) is 7.13. The van der Waals surface area contributed by atoms with Crippen LogP contribution < -0.4 is 0 Å². The molecule has 0 aliphatic heterocycles. The quantitative estimate of drug-likeness (QED) is 0.189. The minimum Gasteiger partial charge on any atom is -0.455 e. The van der Waals surface area contributed by atoms with Crippen LogP contribution in [0.2, 0.25) is 0 Å². The van der Waals surface area contributed by atoms with Gasteiger partial charge in [0.15, 0.2) is 17.5 Å². The van der Waals surface area contributed by atoms with E-state index in [1.165, 1.54) is 43.1 Å². The zero-order chi connectivity index (χ0) is 30.9. The highest BCUT2D eigenvalue weighted by Crippen LogP contribution is 2.48. The summed E-state index contributed by atoms with van der Waals surface area (Å²) in [7, 11) is 0. The third-order valence-electron chi connectivity index (χ3n) is 9.25. The first kappa shape index (κ1) is 25.9. The summed E-state index contributed by atoms with van der Waals surface area (Å²) in [6.45, 7) is 0. The standard InChI is InChI=1S/C43H25N3O/c1-3-12-26(13-4-1)41-44-42(27-14-5-2-6-15-27)46-43(45-41)30-18-11-17-28(24-30)32-22-23-35-33-20-9-10-21-34(33)37-31-19-8-7-16-29(31)25-36-39(37)38(35)40(32)47-36/h1-25H. The van der Waals surface area contributed by atoms with Gasteiger partial charge in [-0.05, 0) is 50.7 Å². The molecule has 0 amide bonds. The SMILES string of the molecule is c1ccc(-c2nc(-c3ccccc3)nc(-c3cccc(-c4ccc5c6ccccc6c6c7ccccc7cc7oc4c5c76)c3)n2)cc1. The summed E-state index contributed by atoms with van der Waals surface area (Å²) in [6.07, 6.45) is 0. The van der Waals surface area contributed by atoms with Crippen molar-refractivity contribution in [3.05, 3.63) is 152 Å². The third kappa shape index (κ3) is 3.98. The summed E-state index contributed by atoms with van der Waals surface area (Å²) in [5.41, 5.74) is 6.69. The molecule has 0 saturated heterocycles. The van der Waals surface area contributed by atoms with Gasteiger partial charge in [-0.1, -0.05) is 133 Å². The maximum absolute atomic E-state index is 6.84. The number of furan rings is 1. The van der Waals surface area contributed by atoms with Crippen molar-refractivity contribution in [2.45, 2.75) is 0 Å². The van der Waals surface area contributed by atoms with Gasteiger partial charge in [-0.2, -0.15) is 0 Å². The van der Waals surface area contributed by atoms with Crippen LogP contribution in [0.3, 0.4) is 0 Å². The largest absolute Gasteiger partial charge is 0.455 e. The number of hydrogen-bond donors (Lipinski definition) is 0. The molecular formula is C43H25N3O. The van der Waals surface area contributed by atoms with Crippen LogP contribution in [0.15, 0.2) is 156 Å². The van der Waals surface area contributed by atoms with Crippen molar-refractivity contribution < 1.29 is 4.42 Å². The van der Waals surface area contributed by atoms with E-state index in [9.17, 15) is 0 Å². The van der Waals surface area contributed by atoms with E-state index in [1.54, 1.807) is 0 Å². The topological polar surface area (TPSA) is 51.8 Å². The first-order valence-corrected chi connectivity index (χ1v) is 15.8. The third-order valence-corrected chi connectivity index (χ3v) is 9.25. The predicted octanol–water partition coefficient (Wildman–Crippen LogP) is 11.3. The molecule has 218 valence electrons. The highest BCUT2D eigenvalue weighted by molar-refractivity contribution is 6.38. The molecule has 47 heavy (non-hydrogen) atoms. The Morgan fingerprint density at radius 1 is 0.362 bits per heavy atom. The van der Waals surface area contributed by atoms with E-state index in [4.69, 9.17) is 19.4 Å². The van der Waals surface area contributed by atoms with Gasteiger partial charge < -0.3 is 4.42 Å². The summed E-state index contributed by atoms with van der Waals surface area (Å²) in [4.78, 5) is 14.8. The van der Waals surface area contributed by atoms with Crippen molar-refractivity contribution in [1.29, 1.82) is 0 Å². The van der Waals surface area contributed by atoms with Gasteiger partial charge in [0.2, 0.25) is 0 Å². The summed E-state index contributed by atoms with van der Waals surface area (Å²) < 4.78 is 6.84.